The lowest BCUT2D eigenvalue weighted by Gasteiger charge is -2.47. The third-order valence-electron chi connectivity index (χ3n) is 5.88. The van der Waals surface area contributed by atoms with Crippen LogP contribution in [0.4, 0.5) is 0 Å². The summed E-state index contributed by atoms with van der Waals surface area (Å²) >= 11 is 0. The Morgan fingerprint density at radius 1 is 1.00 bits per heavy atom. The first kappa shape index (κ1) is 22.0. The van der Waals surface area contributed by atoms with Gasteiger partial charge in [0, 0.05) is 30.2 Å². The van der Waals surface area contributed by atoms with Crippen LogP contribution in [0.25, 0.3) is 0 Å². The van der Waals surface area contributed by atoms with E-state index in [9.17, 15) is 0 Å². The number of para-hydroxylation sites is 1. The van der Waals surface area contributed by atoms with Gasteiger partial charge in [-0.1, -0.05) is 55.0 Å². The zero-order chi connectivity index (χ0) is 17.1. The first-order valence-corrected chi connectivity index (χ1v) is 9.51. The third-order valence-corrected chi connectivity index (χ3v) is 5.88. The summed E-state index contributed by atoms with van der Waals surface area (Å²) in [4.78, 5) is 0. The predicted octanol–water partition coefficient (Wildman–Crippen LogP) is 4.90. The average molecular weight is 409 g/mol. The van der Waals surface area contributed by atoms with E-state index < -0.39 is 0 Å². The minimum Gasteiger partial charge on any atom is -0.496 e. The fraction of sp³-hybridized carbons (Fsp3) is 0.455. The maximum atomic E-state index is 5.52. The topological polar surface area (TPSA) is 33.3 Å². The van der Waals surface area contributed by atoms with Crippen LogP contribution in [0.15, 0.2) is 54.6 Å². The van der Waals surface area contributed by atoms with E-state index in [0.29, 0.717) is 18.1 Å². The van der Waals surface area contributed by atoms with E-state index in [4.69, 9.17) is 4.74 Å². The molecular weight excluding hydrogens is 379 g/mol. The summed E-state index contributed by atoms with van der Waals surface area (Å²) in [6.07, 6.45) is 5.30. The summed E-state index contributed by atoms with van der Waals surface area (Å²) in [5.74, 6) is 1.72. The number of nitrogens with one attached hydrogen (secondary N) is 2. The van der Waals surface area contributed by atoms with Crippen molar-refractivity contribution in [2.24, 2.45) is 5.92 Å². The molecule has 1 saturated carbocycles. The SMILES string of the molecule is COc1ccccc1CNC1C2CCCC(C2)NC1c1ccccc1.Cl.Cl. The highest BCUT2D eigenvalue weighted by molar-refractivity contribution is 5.85. The van der Waals surface area contributed by atoms with Gasteiger partial charge in [0.25, 0.3) is 0 Å². The molecular formula is C22H30Cl2N2O. The molecule has 2 aromatic rings. The zero-order valence-corrected chi connectivity index (χ0v) is 17.4. The molecule has 0 radical (unpaired) electrons. The lowest BCUT2D eigenvalue weighted by atomic mass is 9.73. The highest BCUT2D eigenvalue weighted by atomic mass is 35.5. The van der Waals surface area contributed by atoms with E-state index in [1.807, 2.05) is 12.1 Å². The molecule has 1 aliphatic carbocycles. The van der Waals surface area contributed by atoms with Crippen LogP contribution in [-0.2, 0) is 6.54 Å². The number of rotatable bonds is 5. The van der Waals surface area contributed by atoms with Gasteiger partial charge in [-0.05, 0) is 36.8 Å². The fourth-order valence-electron chi connectivity index (χ4n) is 4.66. The Bertz CT molecular complexity index is 698. The lowest BCUT2D eigenvalue weighted by molar-refractivity contribution is 0.127. The molecule has 2 bridgehead atoms. The van der Waals surface area contributed by atoms with Crippen LogP contribution >= 0.6 is 24.8 Å². The van der Waals surface area contributed by atoms with Crippen molar-refractivity contribution in [3.8, 4) is 5.75 Å². The molecule has 0 aromatic heterocycles. The van der Waals surface area contributed by atoms with E-state index in [-0.39, 0.29) is 24.8 Å². The molecule has 4 unspecified atom stereocenters. The van der Waals surface area contributed by atoms with Gasteiger partial charge in [0.2, 0.25) is 0 Å². The van der Waals surface area contributed by atoms with Crippen molar-refractivity contribution in [3.63, 3.8) is 0 Å². The molecule has 1 heterocycles. The molecule has 27 heavy (non-hydrogen) atoms. The second kappa shape index (κ2) is 10.3. The number of piperidine rings is 1. The highest BCUT2D eigenvalue weighted by Gasteiger charge is 2.39. The van der Waals surface area contributed by atoms with Gasteiger partial charge in [-0.3, -0.25) is 0 Å². The molecule has 5 heteroatoms. The van der Waals surface area contributed by atoms with Crippen molar-refractivity contribution >= 4 is 24.8 Å². The number of ether oxygens (including phenoxy) is 1. The predicted molar refractivity (Wildman–Crippen MR) is 116 cm³/mol. The van der Waals surface area contributed by atoms with Gasteiger partial charge in [-0.2, -0.15) is 0 Å². The quantitative estimate of drug-likeness (QED) is 0.737. The molecule has 4 rings (SSSR count). The number of benzene rings is 2. The summed E-state index contributed by atoms with van der Waals surface area (Å²) in [5.41, 5.74) is 2.63. The normalized spacial score (nSPS) is 26.4. The van der Waals surface area contributed by atoms with Crippen molar-refractivity contribution in [3.05, 3.63) is 65.7 Å². The van der Waals surface area contributed by atoms with E-state index in [0.717, 1.165) is 18.2 Å². The summed E-state index contributed by atoms with van der Waals surface area (Å²) < 4.78 is 5.52. The summed E-state index contributed by atoms with van der Waals surface area (Å²) in [6, 6.07) is 20.8. The van der Waals surface area contributed by atoms with Gasteiger partial charge < -0.3 is 15.4 Å². The summed E-state index contributed by atoms with van der Waals surface area (Å²) in [7, 11) is 1.75. The van der Waals surface area contributed by atoms with Gasteiger partial charge in [-0.25, -0.2) is 0 Å². The van der Waals surface area contributed by atoms with Crippen molar-refractivity contribution < 1.29 is 4.74 Å². The fourth-order valence-corrected chi connectivity index (χ4v) is 4.66. The van der Waals surface area contributed by atoms with Crippen LogP contribution in [0, 0.1) is 5.92 Å². The van der Waals surface area contributed by atoms with Crippen LogP contribution in [0.1, 0.15) is 42.9 Å². The molecule has 2 N–H and O–H groups in total. The van der Waals surface area contributed by atoms with Crippen molar-refractivity contribution in [2.45, 2.75) is 50.4 Å². The maximum Gasteiger partial charge on any atom is 0.123 e. The first-order chi connectivity index (χ1) is 12.3. The monoisotopic (exact) mass is 408 g/mol. The lowest BCUT2D eigenvalue weighted by Crippen LogP contribution is -2.56. The minimum absolute atomic E-state index is 0. The van der Waals surface area contributed by atoms with Crippen LogP contribution in [0.2, 0.25) is 0 Å². The van der Waals surface area contributed by atoms with Crippen LogP contribution in [-0.4, -0.2) is 19.2 Å². The van der Waals surface area contributed by atoms with Gasteiger partial charge >= 0.3 is 0 Å². The molecule has 2 fully saturated rings. The molecule has 2 aliphatic rings. The van der Waals surface area contributed by atoms with E-state index >= 15 is 0 Å². The zero-order valence-electron chi connectivity index (χ0n) is 15.8. The first-order valence-electron chi connectivity index (χ1n) is 9.51. The van der Waals surface area contributed by atoms with Crippen LogP contribution < -0.4 is 15.4 Å². The average Bonchev–Trinajstić information content (AvgIpc) is 2.68. The van der Waals surface area contributed by atoms with Crippen molar-refractivity contribution in [1.82, 2.24) is 10.6 Å². The second-order valence-electron chi connectivity index (χ2n) is 7.40. The largest absolute Gasteiger partial charge is 0.496 e. The van der Waals surface area contributed by atoms with Crippen molar-refractivity contribution in [1.29, 1.82) is 0 Å². The Hall–Kier alpha value is -1.26. The summed E-state index contributed by atoms with van der Waals surface area (Å²) in [5, 5.41) is 7.80. The van der Waals surface area contributed by atoms with E-state index in [2.05, 4.69) is 53.1 Å². The number of fused-ring (bicyclic) bond motifs is 2. The van der Waals surface area contributed by atoms with Gasteiger partial charge in [0.1, 0.15) is 5.75 Å². The Kier molecular flexibility index (Phi) is 8.43. The van der Waals surface area contributed by atoms with Gasteiger partial charge in [0.05, 0.1) is 7.11 Å². The summed E-state index contributed by atoms with van der Waals surface area (Å²) in [6.45, 7) is 0.848. The molecule has 2 aromatic carbocycles. The molecule has 1 saturated heterocycles. The number of hydrogen-bond acceptors (Lipinski definition) is 3. The Morgan fingerprint density at radius 2 is 1.74 bits per heavy atom. The number of hydrogen-bond donors (Lipinski definition) is 2. The molecule has 4 atom stereocenters. The Labute approximate surface area is 175 Å². The van der Waals surface area contributed by atoms with Gasteiger partial charge in [-0.15, -0.1) is 24.8 Å². The highest BCUT2D eigenvalue weighted by Crippen LogP contribution is 2.38. The Morgan fingerprint density at radius 3 is 2.52 bits per heavy atom. The smallest absolute Gasteiger partial charge is 0.123 e. The number of halogens is 2. The standard InChI is InChI=1S/C22H28N2O.2ClH/c1-25-20-13-6-5-10-18(20)15-23-21-17-11-7-12-19(14-17)24-22(21)16-8-3-2-4-9-16;;/h2-6,8-10,13,17,19,21-24H,7,11-12,14-15H2,1H3;2*1H. The molecule has 148 valence electrons. The Balaban J connectivity index is 0.00000131. The number of methoxy groups -OCH3 is 1. The van der Waals surface area contributed by atoms with Gasteiger partial charge in [0.15, 0.2) is 0 Å². The molecule has 0 amide bonds. The van der Waals surface area contributed by atoms with E-state index in [1.165, 1.54) is 36.8 Å². The van der Waals surface area contributed by atoms with Crippen LogP contribution in [0.5, 0.6) is 5.75 Å². The second-order valence-corrected chi connectivity index (χ2v) is 7.40. The van der Waals surface area contributed by atoms with Crippen molar-refractivity contribution in [2.75, 3.05) is 7.11 Å². The minimum atomic E-state index is 0. The van der Waals surface area contributed by atoms with Crippen LogP contribution in [0.3, 0.4) is 0 Å². The molecule has 1 aliphatic heterocycles. The van der Waals surface area contributed by atoms with E-state index in [1.54, 1.807) is 7.11 Å². The molecule has 0 spiro atoms. The molecule has 3 nitrogen and oxygen atoms in total. The maximum absolute atomic E-state index is 5.52. The third kappa shape index (κ3) is 4.97.